The predicted octanol–water partition coefficient (Wildman–Crippen LogP) is 3.14. The van der Waals surface area contributed by atoms with E-state index in [-0.39, 0.29) is 0 Å². The summed E-state index contributed by atoms with van der Waals surface area (Å²) in [5, 5.41) is 10.4. The van der Waals surface area contributed by atoms with E-state index < -0.39 is 0 Å². The van der Waals surface area contributed by atoms with Gasteiger partial charge in [0.1, 0.15) is 5.82 Å². The molecule has 3 rings (SSSR count). The summed E-state index contributed by atoms with van der Waals surface area (Å²) in [6, 6.07) is 10.2. The molecule has 3 N–H and O–H groups in total. The maximum absolute atomic E-state index is 4.76. The van der Waals surface area contributed by atoms with E-state index in [0.717, 1.165) is 54.7 Å². The molecule has 7 heteroatoms. The van der Waals surface area contributed by atoms with Gasteiger partial charge in [-0.25, -0.2) is 4.98 Å². The van der Waals surface area contributed by atoms with Crippen LogP contribution in [0.3, 0.4) is 0 Å². The van der Waals surface area contributed by atoms with Gasteiger partial charge >= 0.3 is 0 Å². The van der Waals surface area contributed by atoms with Crippen molar-refractivity contribution in [1.82, 2.24) is 30.4 Å². The van der Waals surface area contributed by atoms with E-state index in [0.29, 0.717) is 6.54 Å². The van der Waals surface area contributed by atoms with Crippen LogP contribution in [0.2, 0.25) is 0 Å². The van der Waals surface area contributed by atoms with Gasteiger partial charge in [0.15, 0.2) is 5.96 Å². The summed E-state index contributed by atoms with van der Waals surface area (Å²) >= 11 is 0. The first-order chi connectivity index (χ1) is 13.7. The van der Waals surface area contributed by atoms with Crippen molar-refractivity contribution >= 4 is 5.96 Å². The number of H-pyrrole nitrogens is 2. The lowest BCUT2D eigenvalue weighted by Gasteiger charge is -2.21. The standard InChI is InChI=1S/C21H29N7/c1-4-22-21(23-12-8-11-18-13-25-27-16(18)2)28(3)15-20-24-14-19(26-20)17-9-6-5-7-10-17/h5-7,9-10,13-14H,4,8,11-12,15H2,1-3H3,(H,22,23)(H,24,26)(H,25,27). The van der Waals surface area contributed by atoms with Crippen LogP contribution in [0.15, 0.2) is 47.7 Å². The third-order valence-electron chi connectivity index (χ3n) is 4.60. The zero-order valence-electron chi connectivity index (χ0n) is 16.9. The van der Waals surface area contributed by atoms with Gasteiger partial charge in [0.25, 0.3) is 0 Å². The van der Waals surface area contributed by atoms with Crippen LogP contribution in [0.4, 0.5) is 0 Å². The first-order valence-electron chi connectivity index (χ1n) is 9.75. The van der Waals surface area contributed by atoms with Gasteiger partial charge in [-0.15, -0.1) is 0 Å². The number of nitrogens with one attached hydrogen (secondary N) is 3. The normalized spacial score (nSPS) is 11.6. The molecule has 0 fully saturated rings. The SMILES string of the molecule is CCNC(=NCCCc1cn[nH]c1C)N(C)Cc1ncc(-c2ccccc2)[nH]1. The summed E-state index contributed by atoms with van der Waals surface area (Å²) in [6.45, 7) is 6.40. The van der Waals surface area contributed by atoms with Crippen LogP contribution in [-0.4, -0.2) is 51.2 Å². The molecule has 0 atom stereocenters. The molecule has 0 saturated heterocycles. The molecule has 2 aromatic heterocycles. The van der Waals surface area contributed by atoms with Crippen molar-refractivity contribution in [2.45, 2.75) is 33.2 Å². The molecule has 28 heavy (non-hydrogen) atoms. The number of guanidine groups is 1. The van der Waals surface area contributed by atoms with Crippen LogP contribution < -0.4 is 5.32 Å². The highest BCUT2D eigenvalue weighted by Crippen LogP contribution is 2.16. The molecule has 0 aliphatic rings. The van der Waals surface area contributed by atoms with E-state index in [1.165, 1.54) is 5.56 Å². The lowest BCUT2D eigenvalue weighted by molar-refractivity contribution is 0.464. The highest BCUT2D eigenvalue weighted by Gasteiger charge is 2.10. The Bertz CT molecular complexity index is 879. The van der Waals surface area contributed by atoms with Gasteiger partial charge in [-0.3, -0.25) is 10.1 Å². The van der Waals surface area contributed by atoms with E-state index in [1.807, 2.05) is 37.6 Å². The predicted molar refractivity (Wildman–Crippen MR) is 113 cm³/mol. The van der Waals surface area contributed by atoms with Crippen molar-refractivity contribution in [2.75, 3.05) is 20.1 Å². The lowest BCUT2D eigenvalue weighted by Crippen LogP contribution is -2.38. The van der Waals surface area contributed by atoms with Crippen LogP contribution >= 0.6 is 0 Å². The summed E-state index contributed by atoms with van der Waals surface area (Å²) in [6.07, 6.45) is 5.75. The third kappa shape index (κ3) is 5.22. The molecule has 2 heterocycles. The largest absolute Gasteiger partial charge is 0.357 e. The number of imidazole rings is 1. The number of benzene rings is 1. The summed E-state index contributed by atoms with van der Waals surface area (Å²) in [7, 11) is 2.03. The van der Waals surface area contributed by atoms with Gasteiger partial charge in [-0.1, -0.05) is 30.3 Å². The van der Waals surface area contributed by atoms with Crippen molar-refractivity contribution in [3.05, 3.63) is 59.8 Å². The molecule has 7 nitrogen and oxygen atoms in total. The Morgan fingerprint density at radius 2 is 2.04 bits per heavy atom. The van der Waals surface area contributed by atoms with E-state index in [9.17, 15) is 0 Å². The Balaban J connectivity index is 1.57. The van der Waals surface area contributed by atoms with Gasteiger partial charge in [0.2, 0.25) is 0 Å². The molecule has 1 aromatic carbocycles. The molecule has 0 aliphatic carbocycles. The zero-order valence-corrected chi connectivity index (χ0v) is 16.9. The summed E-state index contributed by atoms with van der Waals surface area (Å²) in [5.74, 6) is 1.81. The zero-order chi connectivity index (χ0) is 19.8. The van der Waals surface area contributed by atoms with Crippen LogP contribution in [-0.2, 0) is 13.0 Å². The summed E-state index contributed by atoms with van der Waals surface area (Å²) in [4.78, 5) is 14.8. The number of aliphatic imine (C=N–C) groups is 1. The molecule has 0 bridgehead atoms. The number of nitrogens with zero attached hydrogens (tertiary/aromatic N) is 4. The molecule has 0 unspecified atom stereocenters. The number of aromatic nitrogens is 4. The fourth-order valence-corrected chi connectivity index (χ4v) is 3.06. The Hall–Kier alpha value is -3.09. The van der Waals surface area contributed by atoms with Gasteiger partial charge in [-0.2, -0.15) is 5.10 Å². The molecular weight excluding hydrogens is 350 g/mol. The minimum Gasteiger partial charge on any atom is -0.357 e. The van der Waals surface area contributed by atoms with Gasteiger partial charge in [-0.05, 0) is 37.8 Å². The Morgan fingerprint density at radius 3 is 2.75 bits per heavy atom. The number of aryl methyl sites for hydroxylation is 2. The Morgan fingerprint density at radius 1 is 1.21 bits per heavy atom. The van der Waals surface area contributed by atoms with Crippen molar-refractivity contribution in [2.24, 2.45) is 4.99 Å². The molecule has 0 amide bonds. The van der Waals surface area contributed by atoms with Crippen LogP contribution in [0.5, 0.6) is 0 Å². The third-order valence-corrected chi connectivity index (χ3v) is 4.60. The molecule has 0 aliphatic heterocycles. The molecule has 0 spiro atoms. The summed E-state index contributed by atoms with van der Waals surface area (Å²) in [5.41, 5.74) is 4.57. The molecule has 0 saturated carbocycles. The maximum Gasteiger partial charge on any atom is 0.194 e. The second-order valence-electron chi connectivity index (χ2n) is 6.83. The Labute approximate surface area is 166 Å². The lowest BCUT2D eigenvalue weighted by atomic mass is 10.1. The highest BCUT2D eigenvalue weighted by molar-refractivity contribution is 5.79. The van der Waals surface area contributed by atoms with E-state index in [2.05, 4.69) is 56.4 Å². The van der Waals surface area contributed by atoms with Crippen molar-refractivity contribution < 1.29 is 0 Å². The van der Waals surface area contributed by atoms with E-state index in [4.69, 9.17) is 4.99 Å². The average molecular weight is 380 g/mol. The minimum atomic E-state index is 0.666. The van der Waals surface area contributed by atoms with E-state index in [1.54, 1.807) is 0 Å². The molecular formula is C21H29N7. The smallest absolute Gasteiger partial charge is 0.194 e. The average Bonchev–Trinajstić information content (AvgIpc) is 3.34. The fourth-order valence-electron chi connectivity index (χ4n) is 3.06. The van der Waals surface area contributed by atoms with Crippen molar-refractivity contribution in [3.8, 4) is 11.3 Å². The van der Waals surface area contributed by atoms with Gasteiger partial charge in [0, 0.05) is 25.8 Å². The topological polar surface area (TPSA) is 85.0 Å². The first kappa shape index (κ1) is 19.7. The monoisotopic (exact) mass is 379 g/mol. The maximum atomic E-state index is 4.76. The van der Waals surface area contributed by atoms with Crippen molar-refractivity contribution in [3.63, 3.8) is 0 Å². The second-order valence-corrected chi connectivity index (χ2v) is 6.83. The number of hydrogen-bond donors (Lipinski definition) is 3. The Kier molecular flexibility index (Phi) is 6.84. The number of aromatic amines is 2. The van der Waals surface area contributed by atoms with Crippen LogP contribution in [0, 0.1) is 6.92 Å². The van der Waals surface area contributed by atoms with Gasteiger partial charge < -0.3 is 15.2 Å². The fraction of sp³-hybridized carbons (Fsp3) is 0.381. The second kappa shape index (κ2) is 9.73. The number of hydrogen-bond acceptors (Lipinski definition) is 3. The molecule has 3 aromatic rings. The van der Waals surface area contributed by atoms with Crippen LogP contribution in [0.25, 0.3) is 11.3 Å². The van der Waals surface area contributed by atoms with E-state index >= 15 is 0 Å². The molecule has 0 radical (unpaired) electrons. The quantitative estimate of drug-likeness (QED) is 0.319. The van der Waals surface area contributed by atoms with Crippen molar-refractivity contribution in [1.29, 1.82) is 0 Å². The van der Waals surface area contributed by atoms with Crippen LogP contribution in [0.1, 0.15) is 30.4 Å². The van der Waals surface area contributed by atoms with Gasteiger partial charge in [0.05, 0.1) is 24.6 Å². The minimum absolute atomic E-state index is 0.666. The summed E-state index contributed by atoms with van der Waals surface area (Å²) < 4.78 is 0. The first-order valence-corrected chi connectivity index (χ1v) is 9.75. The molecule has 148 valence electrons. The highest BCUT2D eigenvalue weighted by atomic mass is 15.3. The number of rotatable bonds is 8.